The summed E-state index contributed by atoms with van der Waals surface area (Å²) in [4.78, 5) is -1.28. The summed E-state index contributed by atoms with van der Waals surface area (Å²) in [5.41, 5.74) is 0.927. The molecule has 0 N–H and O–H groups in total. The van der Waals surface area contributed by atoms with Crippen molar-refractivity contribution < 1.29 is 26.3 Å². The van der Waals surface area contributed by atoms with E-state index in [1.807, 2.05) is 0 Å². The molecule has 0 saturated heterocycles. The van der Waals surface area contributed by atoms with Crippen molar-refractivity contribution in [2.45, 2.75) is 30.0 Å². The first-order valence-electron chi connectivity index (χ1n) is 8.00. The SMILES string of the molecule is Cc1ccc(S(=O)(=O)C2=C(C(F)(F)F)O[C@@H](C#N)[C@@H]2c2ccc(Cl)cc2)cc1. The van der Waals surface area contributed by atoms with Gasteiger partial charge in [-0.15, -0.1) is 0 Å². The van der Waals surface area contributed by atoms with Gasteiger partial charge in [0.1, 0.15) is 11.0 Å². The maximum absolute atomic E-state index is 13.6. The third-order valence-corrected chi connectivity index (χ3v) is 6.45. The lowest BCUT2D eigenvalue weighted by Crippen LogP contribution is -2.19. The van der Waals surface area contributed by atoms with Gasteiger partial charge in [0.05, 0.1) is 10.8 Å². The van der Waals surface area contributed by atoms with E-state index in [-0.39, 0.29) is 10.5 Å². The fourth-order valence-electron chi connectivity index (χ4n) is 2.97. The molecule has 3 rings (SSSR count). The van der Waals surface area contributed by atoms with Gasteiger partial charge in [-0.25, -0.2) is 8.42 Å². The van der Waals surface area contributed by atoms with Crippen LogP contribution < -0.4 is 0 Å². The molecular formula is C19H13ClF3NO3S. The van der Waals surface area contributed by atoms with E-state index in [0.717, 1.165) is 5.56 Å². The molecule has 2 aromatic carbocycles. The van der Waals surface area contributed by atoms with Crippen molar-refractivity contribution in [1.82, 2.24) is 0 Å². The number of nitrogens with zero attached hydrogens (tertiary/aromatic N) is 1. The second-order valence-corrected chi connectivity index (χ2v) is 8.56. The first kappa shape index (κ1) is 20.2. The van der Waals surface area contributed by atoms with Gasteiger partial charge in [-0.05, 0) is 36.8 Å². The highest BCUT2D eigenvalue weighted by molar-refractivity contribution is 7.95. The smallest absolute Gasteiger partial charge is 0.450 e. The van der Waals surface area contributed by atoms with Crippen molar-refractivity contribution in [3.8, 4) is 6.07 Å². The van der Waals surface area contributed by atoms with E-state index in [0.29, 0.717) is 5.02 Å². The second kappa shape index (κ2) is 7.15. The predicted octanol–water partition coefficient (Wildman–Crippen LogP) is 4.90. The third kappa shape index (κ3) is 3.60. The lowest BCUT2D eigenvalue weighted by Gasteiger charge is -2.17. The minimum Gasteiger partial charge on any atom is -0.468 e. The maximum Gasteiger partial charge on any atom is 0.450 e. The minimum atomic E-state index is -5.08. The molecule has 0 aliphatic carbocycles. The van der Waals surface area contributed by atoms with Gasteiger partial charge in [0.25, 0.3) is 0 Å². The molecule has 0 bridgehead atoms. The first-order valence-corrected chi connectivity index (χ1v) is 9.86. The van der Waals surface area contributed by atoms with Gasteiger partial charge in [-0.1, -0.05) is 41.4 Å². The summed E-state index contributed by atoms with van der Waals surface area (Å²) < 4.78 is 71.9. The Morgan fingerprint density at radius 2 is 1.64 bits per heavy atom. The van der Waals surface area contributed by atoms with E-state index in [2.05, 4.69) is 0 Å². The normalized spacial score (nSPS) is 20.0. The highest BCUT2D eigenvalue weighted by Crippen LogP contribution is 2.48. The molecule has 0 saturated carbocycles. The predicted molar refractivity (Wildman–Crippen MR) is 96.1 cm³/mol. The fourth-order valence-corrected chi connectivity index (χ4v) is 4.85. The number of sulfone groups is 1. The molecule has 146 valence electrons. The average Bonchev–Trinajstić information content (AvgIpc) is 3.03. The van der Waals surface area contributed by atoms with Crippen molar-refractivity contribution >= 4 is 21.4 Å². The molecule has 2 atom stereocenters. The van der Waals surface area contributed by atoms with Crippen LogP contribution in [0.2, 0.25) is 5.02 Å². The topological polar surface area (TPSA) is 67.2 Å². The van der Waals surface area contributed by atoms with Crippen LogP contribution in [0.1, 0.15) is 17.0 Å². The number of ether oxygens (including phenoxy) is 1. The van der Waals surface area contributed by atoms with Gasteiger partial charge < -0.3 is 4.74 Å². The van der Waals surface area contributed by atoms with Gasteiger partial charge in [-0.2, -0.15) is 18.4 Å². The zero-order valence-corrected chi connectivity index (χ0v) is 15.9. The lowest BCUT2D eigenvalue weighted by atomic mass is 9.94. The Kier molecular flexibility index (Phi) is 5.17. The second-order valence-electron chi connectivity index (χ2n) is 6.20. The van der Waals surface area contributed by atoms with Crippen molar-refractivity contribution in [3.63, 3.8) is 0 Å². The van der Waals surface area contributed by atoms with E-state index in [9.17, 15) is 26.9 Å². The molecular weight excluding hydrogens is 415 g/mol. The van der Waals surface area contributed by atoms with Gasteiger partial charge in [0, 0.05) is 5.02 Å². The van der Waals surface area contributed by atoms with Crippen LogP contribution in [0.5, 0.6) is 0 Å². The first-order chi connectivity index (χ1) is 13.1. The Balaban J connectivity index is 2.27. The number of hydrogen-bond donors (Lipinski definition) is 0. The maximum atomic E-state index is 13.6. The number of alkyl halides is 3. The Morgan fingerprint density at radius 3 is 2.14 bits per heavy atom. The van der Waals surface area contributed by atoms with Crippen LogP contribution >= 0.6 is 11.6 Å². The van der Waals surface area contributed by atoms with Gasteiger partial charge in [0.2, 0.25) is 15.6 Å². The lowest BCUT2D eigenvalue weighted by molar-refractivity contribution is -0.130. The summed E-state index contributed by atoms with van der Waals surface area (Å²) in [7, 11) is -4.59. The van der Waals surface area contributed by atoms with Crippen LogP contribution in [-0.2, 0) is 14.6 Å². The molecule has 0 spiro atoms. The zero-order valence-electron chi connectivity index (χ0n) is 14.4. The summed E-state index contributed by atoms with van der Waals surface area (Å²) in [5, 5.41) is 9.66. The van der Waals surface area contributed by atoms with Crippen LogP contribution in [0.3, 0.4) is 0 Å². The Bertz CT molecular complexity index is 1070. The Morgan fingerprint density at radius 1 is 1.07 bits per heavy atom. The van der Waals surface area contributed by atoms with Crippen molar-refractivity contribution in [3.05, 3.63) is 75.3 Å². The van der Waals surface area contributed by atoms with Crippen molar-refractivity contribution in [2.75, 3.05) is 0 Å². The summed E-state index contributed by atoms with van der Waals surface area (Å²) in [6, 6.07) is 12.6. The molecule has 1 aliphatic rings. The van der Waals surface area contributed by atoms with E-state index >= 15 is 0 Å². The third-order valence-electron chi connectivity index (χ3n) is 4.29. The molecule has 0 aromatic heterocycles. The fraction of sp³-hybridized carbons (Fsp3) is 0.211. The highest BCUT2D eigenvalue weighted by atomic mass is 35.5. The van der Waals surface area contributed by atoms with Gasteiger partial charge in [0.15, 0.2) is 6.10 Å². The number of hydrogen-bond acceptors (Lipinski definition) is 4. The van der Waals surface area contributed by atoms with E-state index in [4.69, 9.17) is 16.3 Å². The molecule has 0 radical (unpaired) electrons. The average molecular weight is 428 g/mol. The van der Waals surface area contributed by atoms with E-state index in [1.165, 1.54) is 48.5 Å². The molecule has 9 heteroatoms. The number of halogens is 4. The summed E-state index contributed by atoms with van der Waals surface area (Å²) >= 11 is 5.82. The van der Waals surface area contributed by atoms with Crippen LogP contribution in [0, 0.1) is 18.3 Å². The molecule has 0 amide bonds. The van der Waals surface area contributed by atoms with Gasteiger partial charge >= 0.3 is 6.18 Å². The summed E-state index contributed by atoms with van der Waals surface area (Å²) in [6.45, 7) is 1.72. The molecule has 28 heavy (non-hydrogen) atoms. The molecule has 1 aliphatic heterocycles. The molecule has 2 aromatic rings. The number of aryl methyl sites for hydroxylation is 1. The number of allylic oxidation sites excluding steroid dienone is 1. The van der Waals surface area contributed by atoms with Gasteiger partial charge in [-0.3, -0.25) is 0 Å². The van der Waals surface area contributed by atoms with E-state index < -0.39 is 38.7 Å². The molecule has 0 unspecified atom stereocenters. The summed E-state index contributed by atoms with van der Waals surface area (Å²) in [6.07, 6.45) is -6.73. The Labute approximate surface area is 164 Å². The number of benzene rings is 2. The minimum absolute atomic E-state index is 0.181. The molecule has 0 fully saturated rings. The monoisotopic (exact) mass is 427 g/mol. The Hall–Kier alpha value is -2.50. The van der Waals surface area contributed by atoms with Crippen LogP contribution in [0.4, 0.5) is 13.2 Å². The summed E-state index contributed by atoms with van der Waals surface area (Å²) in [5.74, 6) is -3.11. The zero-order chi connectivity index (χ0) is 20.7. The van der Waals surface area contributed by atoms with E-state index in [1.54, 1.807) is 13.0 Å². The number of nitriles is 1. The van der Waals surface area contributed by atoms with Crippen LogP contribution in [-0.4, -0.2) is 20.7 Å². The number of rotatable bonds is 3. The largest absolute Gasteiger partial charge is 0.468 e. The standard InChI is InChI=1S/C19H13ClF3NO3S/c1-11-2-8-14(9-3-11)28(25,26)17-16(12-4-6-13(20)7-5-12)15(10-24)27-18(17)19(21,22)23/h2-9,15-16H,1H3/t15-,16-/m0/s1. The highest BCUT2D eigenvalue weighted by Gasteiger charge is 2.53. The van der Waals surface area contributed by atoms with Crippen LogP contribution in [0.25, 0.3) is 0 Å². The quantitative estimate of drug-likeness (QED) is 0.698. The molecule has 1 heterocycles. The van der Waals surface area contributed by atoms with Crippen LogP contribution in [0.15, 0.2) is 64.1 Å². The van der Waals surface area contributed by atoms with Crippen molar-refractivity contribution in [1.29, 1.82) is 5.26 Å². The van der Waals surface area contributed by atoms with Crippen molar-refractivity contribution in [2.24, 2.45) is 0 Å². The molecule has 4 nitrogen and oxygen atoms in total.